The molecule has 0 N–H and O–H groups in total. The van der Waals surface area contributed by atoms with Gasteiger partial charge in [0.15, 0.2) is 0 Å². The van der Waals surface area contributed by atoms with E-state index in [1.54, 1.807) is 4.90 Å². The highest BCUT2D eigenvalue weighted by atomic mass is 16.6. The largest absolute Gasteiger partial charge is 0.439 e. The van der Waals surface area contributed by atoms with Gasteiger partial charge in [0, 0.05) is 6.54 Å². The van der Waals surface area contributed by atoms with Crippen LogP contribution in [-0.2, 0) is 11.3 Å². The van der Waals surface area contributed by atoms with E-state index in [9.17, 15) is 4.79 Å². The normalized spacial score (nSPS) is 17.4. The monoisotopic (exact) mass is 293 g/mol. The summed E-state index contributed by atoms with van der Waals surface area (Å²) in [7, 11) is 0. The van der Waals surface area contributed by atoms with Crippen molar-refractivity contribution in [3.63, 3.8) is 0 Å². The van der Waals surface area contributed by atoms with E-state index in [1.165, 1.54) is 5.56 Å². The second-order valence-electron chi connectivity index (χ2n) is 5.63. The Morgan fingerprint density at radius 2 is 2.00 bits per heavy atom. The van der Waals surface area contributed by atoms with Crippen molar-refractivity contribution in [2.75, 3.05) is 6.54 Å². The van der Waals surface area contributed by atoms with Crippen LogP contribution >= 0.6 is 0 Å². The van der Waals surface area contributed by atoms with Crippen LogP contribution in [0.4, 0.5) is 4.79 Å². The number of ether oxygens (including phenoxy) is 1. The lowest BCUT2D eigenvalue weighted by molar-refractivity contribution is 0.146. The van der Waals surface area contributed by atoms with Crippen molar-refractivity contribution < 1.29 is 9.53 Å². The molecule has 0 aromatic heterocycles. The number of cyclic esters (lactones) is 1. The zero-order chi connectivity index (χ0) is 15.5. The number of aryl methyl sites for hydroxylation is 1. The van der Waals surface area contributed by atoms with Gasteiger partial charge in [-0.25, -0.2) is 4.79 Å². The smallest absolute Gasteiger partial charge is 0.410 e. The predicted molar refractivity (Wildman–Crippen MR) is 87.3 cm³/mol. The molecule has 22 heavy (non-hydrogen) atoms. The Kier molecular flexibility index (Phi) is 3.96. The standard InChI is InChI=1S/C19H19NO2/c1-14-7-6-10-17(11-14)15(2)18-13-20(19(21)22-18)12-16-8-4-3-5-9-16/h3-11,18H,2,12-13H2,1H3. The first kappa shape index (κ1) is 14.4. The van der Waals surface area contributed by atoms with E-state index in [0.29, 0.717) is 13.1 Å². The van der Waals surface area contributed by atoms with Crippen LogP contribution in [0.2, 0.25) is 0 Å². The summed E-state index contributed by atoms with van der Waals surface area (Å²) in [5.41, 5.74) is 4.15. The molecule has 0 bridgehead atoms. The maximum Gasteiger partial charge on any atom is 0.410 e. The summed E-state index contributed by atoms with van der Waals surface area (Å²) < 4.78 is 5.49. The molecular formula is C19H19NO2. The average molecular weight is 293 g/mol. The quantitative estimate of drug-likeness (QED) is 0.851. The Bertz CT molecular complexity index is 694. The topological polar surface area (TPSA) is 29.5 Å². The van der Waals surface area contributed by atoms with Crippen molar-refractivity contribution in [1.82, 2.24) is 4.90 Å². The number of carbonyl (C=O) groups is 1. The van der Waals surface area contributed by atoms with Crippen molar-refractivity contribution >= 4 is 11.7 Å². The molecule has 1 aliphatic rings. The fourth-order valence-electron chi connectivity index (χ4n) is 2.65. The van der Waals surface area contributed by atoms with E-state index in [2.05, 4.69) is 12.6 Å². The third kappa shape index (κ3) is 3.03. The van der Waals surface area contributed by atoms with Crippen LogP contribution in [0.15, 0.2) is 61.2 Å². The molecule has 2 aromatic rings. The maximum absolute atomic E-state index is 12.1. The first-order valence-electron chi connectivity index (χ1n) is 7.39. The second kappa shape index (κ2) is 6.06. The minimum atomic E-state index is -0.280. The Labute approximate surface area is 130 Å². The van der Waals surface area contributed by atoms with Gasteiger partial charge in [0.25, 0.3) is 0 Å². The van der Waals surface area contributed by atoms with Gasteiger partial charge in [0.2, 0.25) is 0 Å². The molecule has 0 radical (unpaired) electrons. The first-order valence-corrected chi connectivity index (χ1v) is 7.39. The molecule has 1 fully saturated rings. The van der Waals surface area contributed by atoms with E-state index in [-0.39, 0.29) is 12.2 Å². The molecule has 2 aromatic carbocycles. The third-order valence-corrected chi connectivity index (χ3v) is 3.88. The maximum atomic E-state index is 12.1. The van der Waals surface area contributed by atoms with Gasteiger partial charge in [0.1, 0.15) is 6.10 Å². The molecule has 1 amide bonds. The fourth-order valence-corrected chi connectivity index (χ4v) is 2.65. The number of hydrogen-bond donors (Lipinski definition) is 0. The Hall–Kier alpha value is -2.55. The van der Waals surface area contributed by atoms with E-state index >= 15 is 0 Å². The Morgan fingerprint density at radius 1 is 1.23 bits per heavy atom. The molecule has 1 heterocycles. The second-order valence-corrected chi connectivity index (χ2v) is 5.63. The van der Waals surface area contributed by atoms with Gasteiger partial charge in [-0.15, -0.1) is 0 Å². The van der Waals surface area contributed by atoms with Crippen LogP contribution < -0.4 is 0 Å². The predicted octanol–water partition coefficient (Wildman–Crippen LogP) is 4.03. The lowest BCUT2D eigenvalue weighted by Crippen LogP contribution is -2.24. The molecule has 3 nitrogen and oxygen atoms in total. The molecule has 112 valence electrons. The van der Waals surface area contributed by atoms with Gasteiger partial charge in [-0.1, -0.05) is 66.7 Å². The van der Waals surface area contributed by atoms with Crippen LogP contribution in [0.3, 0.4) is 0 Å². The summed E-state index contributed by atoms with van der Waals surface area (Å²) in [5.74, 6) is 0. The summed E-state index contributed by atoms with van der Waals surface area (Å²) in [6.07, 6.45) is -0.555. The van der Waals surface area contributed by atoms with Gasteiger partial charge in [0.05, 0.1) is 6.54 Å². The highest BCUT2D eigenvalue weighted by Crippen LogP contribution is 2.26. The number of nitrogens with zero attached hydrogens (tertiary/aromatic N) is 1. The molecule has 1 saturated heterocycles. The summed E-state index contributed by atoms with van der Waals surface area (Å²) >= 11 is 0. The molecule has 1 aliphatic heterocycles. The number of benzene rings is 2. The Morgan fingerprint density at radius 3 is 2.73 bits per heavy atom. The van der Waals surface area contributed by atoms with Gasteiger partial charge >= 0.3 is 6.09 Å². The number of rotatable bonds is 4. The minimum absolute atomic E-state index is 0.275. The van der Waals surface area contributed by atoms with Crippen molar-refractivity contribution in [3.05, 3.63) is 77.9 Å². The third-order valence-electron chi connectivity index (χ3n) is 3.88. The summed E-state index contributed by atoms with van der Waals surface area (Å²) in [5, 5.41) is 0. The van der Waals surface area contributed by atoms with E-state index in [4.69, 9.17) is 4.74 Å². The highest BCUT2D eigenvalue weighted by molar-refractivity contribution is 5.76. The number of amides is 1. The number of hydrogen-bond acceptors (Lipinski definition) is 2. The molecule has 0 aliphatic carbocycles. The molecule has 1 atom stereocenters. The van der Waals surface area contributed by atoms with Crippen molar-refractivity contribution in [3.8, 4) is 0 Å². The summed E-state index contributed by atoms with van der Waals surface area (Å²) in [4.78, 5) is 13.8. The van der Waals surface area contributed by atoms with Crippen molar-refractivity contribution in [2.45, 2.75) is 19.6 Å². The highest BCUT2D eigenvalue weighted by Gasteiger charge is 2.33. The van der Waals surface area contributed by atoms with Crippen LogP contribution in [0.1, 0.15) is 16.7 Å². The summed E-state index contributed by atoms with van der Waals surface area (Å²) in [6.45, 7) is 7.27. The fraction of sp³-hybridized carbons (Fsp3) is 0.211. The van der Waals surface area contributed by atoms with Gasteiger partial charge < -0.3 is 4.74 Å². The Balaban J connectivity index is 1.70. The first-order chi connectivity index (χ1) is 10.6. The lowest BCUT2D eigenvalue weighted by atomic mass is 10.0. The molecular weight excluding hydrogens is 274 g/mol. The van der Waals surface area contributed by atoms with Crippen LogP contribution in [0.25, 0.3) is 5.57 Å². The molecule has 0 saturated carbocycles. The van der Waals surface area contributed by atoms with E-state index in [0.717, 1.165) is 16.7 Å². The van der Waals surface area contributed by atoms with Gasteiger partial charge in [-0.3, -0.25) is 4.90 Å². The zero-order valence-electron chi connectivity index (χ0n) is 12.7. The molecule has 0 spiro atoms. The van der Waals surface area contributed by atoms with Gasteiger partial charge in [-0.05, 0) is 23.6 Å². The molecule has 3 rings (SSSR count). The minimum Gasteiger partial charge on any atom is -0.439 e. The SMILES string of the molecule is C=C(c1cccc(C)c1)C1CN(Cc2ccccc2)C(=O)O1. The van der Waals surface area contributed by atoms with Crippen molar-refractivity contribution in [1.29, 1.82) is 0 Å². The van der Waals surface area contributed by atoms with E-state index < -0.39 is 0 Å². The van der Waals surface area contributed by atoms with Crippen molar-refractivity contribution in [2.24, 2.45) is 0 Å². The van der Waals surface area contributed by atoms with Crippen LogP contribution in [0.5, 0.6) is 0 Å². The molecule has 3 heteroatoms. The van der Waals surface area contributed by atoms with Crippen LogP contribution in [-0.4, -0.2) is 23.6 Å². The van der Waals surface area contributed by atoms with Crippen LogP contribution in [0, 0.1) is 6.92 Å². The molecule has 1 unspecified atom stereocenters. The summed E-state index contributed by atoms with van der Waals surface area (Å²) in [6, 6.07) is 18.0. The zero-order valence-corrected chi connectivity index (χ0v) is 12.7. The average Bonchev–Trinajstić information content (AvgIpc) is 2.88. The lowest BCUT2D eigenvalue weighted by Gasteiger charge is -2.14. The van der Waals surface area contributed by atoms with Gasteiger partial charge in [-0.2, -0.15) is 0 Å². The van der Waals surface area contributed by atoms with E-state index in [1.807, 2.05) is 55.5 Å². The number of carbonyl (C=O) groups excluding carboxylic acids is 1.